The quantitative estimate of drug-likeness (QED) is 0.759. The summed E-state index contributed by atoms with van der Waals surface area (Å²) < 4.78 is 0. The van der Waals surface area contributed by atoms with E-state index in [-0.39, 0.29) is 5.41 Å². The van der Waals surface area contributed by atoms with Gasteiger partial charge in [-0.3, -0.25) is 0 Å². The third-order valence-corrected chi connectivity index (χ3v) is 4.62. The highest BCUT2D eigenvalue weighted by atomic mass is 35.5. The van der Waals surface area contributed by atoms with Crippen LogP contribution >= 0.6 is 35.0 Å². The van der Waals surface area contributed by atoms with Crippen LogP contribution < -0.4 is 5.32 Å². The second-order valence-electron chi connectivity index (χ2n) is 5.36. The van der Waals surface area contributed by atoms with E-state index >= 15 is 0 Å². The second-order valence-corrected chi connectivity index (χ2v) is 7.27. The standard InChI is InChI=1S/C14H21Cl2NS/c1-5-17-13(14(2,3)4)9-18-12-8-10(15)6-7-11(12)16/h6-8,13,17H,5,9H2,1-4H3. The number of hydrogen-bond donors (Lipinski definition) is 1. The van der Waals surface area contributed by atoms with Gasteiger partial charge < -0.3 is 5.32 Å². The molecule has 0 heterocycles. The van der Waals surface area contributed by atoms with Crippen LogP contribution in [0.2, 0.25) is 10.0 Å². The third kappa shape index (κ3) is 5.00. The average Bonchev–Trinajstić information content (AvgIpc) is 2.27. The summed E-state index contributed by atoms with van der Waals surface area (Å²) in [7, 11) is 0. The Labute approximate surface area is 125 Å². The smallest absolute Gasteiger partial charge is 0.0542 e. The van der Waals surface area contributed by atoms with Gasteiger partial charge in [0.15, 0.2) is 0 Å². The van der Waals surface area contributed by atoms with Crippen LogP contribution in [0.1, 0.15) is 27.7 Å². The summed E-state index contributed by atoms with van der Waals surface area (Å²) >= 11 is 13.9. The summed E-state index contributed by atoms with van der Waals surface area (Å²) in [5.74, 6) is 0.984. The van der Waals surface area contributed by atoms with E-state index in [1.165, 1.54) is 0 Å². The summed E-state index contributed by atoms with van der Waals surface area (Å²) in [6.07, 6.45) is 0. The number of nitrogens with one attached hydrogen (secondary N) is 1. The molecule has 1 atom stereocenters. The molecule has 1 unspecified atom stereocenters. The van der Waals surface area contributed by atoms with Crippen molar-refractivity contribution in [3.8, 4) is 0 Å². The van der Waals surface area contributed by atoms with Crippen LogP contribution in [0.5, 0.6) is 0 Å². The first kappa shape index (κ1) is 16.2. The van der Waals surface area contributed by atoms with E-state index in [0.717, 1.165) is 27.2 Å². The van der Waals surface area contributed by atoms with Crippen LogP contribution in [-0.2, 0) is 0 Å². The number of benzene rings is 1. The van der Waals surface area contributed by atoms with Crippen molar-refractivity contribution in [2.24, 2.45) is 5.41 Å². The predicted octanol–water partition coefficient (Wildman–Crippen LogP) is 5.11. The van der Waals surface area contributed by atoms with Crippen molar-refractivity contribution in [1.29, 1.82) is 0 Å². The Morgan fingerprint density at radius 3 is 2.50 bits per heavy atom. The highest BCUT2D eigenvalue weighted by Gasteiger charge is 2.23. The Morgan fingerprint density at radius 2 is 1.94 bits per heavy atom. The molecule has 102 valence electrons. The zero-order valence-electron chi connectivity index (χ0n) is 11.4. The second kappa shape index (κ2) is 7.04. The van der Waals surface area contributed by atoms with Gasteiger partial charge in [0.05, 0.1) is 5.02 Å². The molecular weight excluding hydrogens is 285 g/mol. The Morgan fingerprint density at radius 1 is 1.28 bits per heavy atom. The van der Waals surface area contributed by atoms with Gasteiger partial charge in [0.1, 0.15) is 0 Å². The lowest BCUT2D eigenvalue weighted by Crippen LogP contribution is -2.42. The lowest BCUT2D eigenvalue weighted by atomic mass is 9.88. The SMILES string of the molecule is CCNC(CSc1cc(Cl)ccc1Cl)C(C)(C)C. The maximum atomic E-state index is 6.17. The van der Waals surface area contributed by atoms with Gasteiger partial charge in [-0.25, -0.2) is 0 Å². The molecule has 0 aliphatic carbocycles. The monoisotopic (exact) mass is 305 g/mol. The average molecular weight is 306 g/mol. The molecule has 0 radical (unpaired) electrons. The van der Waals surface area contributed by atoms with E-state index in [9.17, 15) is 0 Å². The molecule has 1 rings (SSSR count). The van der Waals surface area contributed by atoms with Crippen molar-refractivity contribution in [1.82, 2.24) is 5.32 Å². The Balaban J connectivity index is 2.70. The third-order valence-electron chi connectivity index (χ3n) is 2.79. The molecule has 0 spiro atoms. The van der Waals surface area contributed by atoms with Crippen LogP contribution in [0.4, 0.5) is 0 Å². The summed E-state index contributed by atoms with van der Waals surface area (Å²) in [6.45, 7) is 9.86. The van der Waals surface area contributed by atoms with Crippen molar-refractivity contribution in [3.05, 3.63) is 28.2 Å². The molecule has 0 aromatic heterocycles. The summed E-state index contributed by atoms with van der Waals surface area (Å²) in [6, 6.07) is 6.05. The zero-order valence-corrected chi connectivity index (χ0v) is 13.7. The first-order valence-electron chi connectivity index (χ1n) is 6.16. The van der Waals surface area contributed by atoms with Crippen molar-refractivity contribution in [2.75, 3.05) is 12.3 Å². The van der Waals surface area contributed by atoms with E-state index in [0.29, 0.717) is 6.04 Å². The highest BCUT2D eigenvalue weighted by molar-refractivity contribution is 7.99. The van der Waals surface area contributed by atoms with Crippen LogP contribution in [-0.4, -0.2) is 18.3 Å². The molecule has 1 N–H and O–H groups in total. The fourth-order valence-electron chi connectivity index (χ4n) is 1.62. The maximum Gasteiger partial charge on any atom is 0.0542 e. The maximum absolute atomic E-state index is 6.17. The van der Waals surface area contributed by atoms with Crippen molar-refractivity contribution >= 4 is 35.0 Å². The van der Waals surface area contributed by atoms with Gasteiger partial charge in [0, 0.05) is 21.7 Å². The normalized spacial score (nSPS) is 13.7. The van der Waals surface area contributed by atoms with Gasteiger partial charge in [0.25, 0.3) is 0 Å². The van der Waals surface area contributed by atoms with Crippen molar-refractivity contribution < 1.29 is 0 Å². The van der Waals surface area contributed by atoms with Crippen LogP contribution in [0.25, 0.3) is 0 Å². The lowest BCUT2D eigenvalue weighted by Gasteiger charge is -2.31. The molecule has 1 aromatic rings. The van der Waals surface area contributed by atoms with Gasteiger partial charge in [-0.1, -0.05) is 50.9 Å². The summed E-state index contributed by atoms with van der Waals surface area (Å²) in [5, 5.41) is 5.04. The minimum atomic E-state index is 0.230. The van der Waals surface area contributed by atoms with Crippen LogP contribution in [0.3, 0.4) is 0 Å². The van der Waals surface area contributed by atoms with E-state index in [1.807, 2.05) is 18.2 Å². The molecule has 0 aliphatic heterocycles. The molecule has 0 fully saturated rings. The molecule has 0 aliphatic rings. The molecule has 0 saturated heterocycles. The summed E-state index contributed by atoms with van der Waals surface area (Å²) in [5.41, 5.74) is 0.230. The summed E-state index contributed by atoms with van der Waals surface area (Å²) in [4.78, 5) is 1.05. The fourth-order valence-corrected chi connectivity index (χ4v) is 3.52. The van der Waals surface area contributed by atoms with E-state index < -0.39 is 0 Å². The molecular formula is C14H21Cl2NS. The Kier molecular flexibility index (Phi) is 6.32. The van der Waals surface area contributed by atoms with E-state index in [4.69, 9.17) is 23.2 Å². The van der Waals surface area contributed by atoms with Crippen molar-refractivity contribution in [2.45, 2.75) is 38.6 Å². The first-order chi connectivity index (χ1) is 8.34. The molecule has 0 bridgehead atoms. The van der Waals surface area contributed by atoms with Crippen molar-refractivity contribution in [3.63, 3.8) is 0 Å². The first-order valence-corrected chi connectivity index (χ1v) is 7.90. The lowest BCUT2D eigenvalue weighted by molar-refractivity contribution is 0.295. The van der Waals surface area contributed by atoms with Gasteiger partial charge in [-0.2, -0.15) is 0 Å². The van der Waals surface area contributed by atoms with Gasteiger partial charge in [0.2, 0.25) is 0 Å². The topological polar surface area (TPSA) is 12.0 Å². The fraction of sp³-hybridized carbons (Fsp3) is 0.571. The van der Waals surface area contributed by atoms with Crippen LogP contribution in [0, 0.1) is 5.41 Å². The Hall–Kier alpha value is 0.110. The molecule has 0 saturated carbocycles. The minimum Gasteiger partial charge on any atom is -0.313 e. The number of thioether (sulfide) groups is 1. The predicted molar refractivity (Wildman–Crippen MR) is 84.1 cm³/mol. The van der Waals surface area contributed by atoms with Crippen LogP contribution in [0.15, 0.2) is 23.1 Å². The molecule has 0 amide bonds. The van der Waals surface area contributed by atoms with Gasteiger partial charge in [-0.15, -0.1) is 11.8 Å². The zero-order chi connectivity index (χ0) is 13.8. The number of halogens is 2. The largest absolute Gasteiger partial charge is 0.313 e. The van der Waals surface area contributed by atoms with Gasteiger partial charge in [-0.05, 0) is 30.2 Å². The van der Waals surface area contributed by atoms with Gasteiger partial charge >= 0.3 is 0 Å². The molecule has 4 heteroatoms. The number of rotatable bonds is 5. The van der Waals surface area contributed by atoms with E-state index in [2.05, 4.69) is 33.0 Å². The van der Waals surface area contributed by atoms with E-state index in [1.54, 1.807) is 11.8 Å². The minimum absolute atomic E-state index is 0.230. The highest BCUT2D eigenvalue weighted by Crippen LogP contribution is 2.32. The Bertz CT molecular complexity index is 388. The number of hydrogen-bond acceptors (Lipinski definition) is 2. The molecule has 1 nitrogen and oxygen atoms in total. The molecule has 18 heavy (non-hydrogen) atoms. The molecule has 1 aromatic carbocycles.